The van der Waals surface area contributed by atoms with Crippen LogP contribution in [-0.2, 0) is 0 Å². The van der Waals surface area contributed by atoms with E-state index in [0.717, 1.165) is 13.1 Å². The molecule has 16 heavy (non-hydrogen) atoms. The fraction of sp³-hybridized carbons (Fsp3) is 0.417. The van der Waals surface area contributed by atoms with Crippen molar-refractivity contribution in [2.75, 3.05) is 20.2 Å². The lowest BCUT2D eigenvalue weighted by molar-refractivity contribution is 0.386. The highest BCUT2D eigenvalue weighted by molar-refractivity contribution is 5.96. The summed E-state index contributed by atoms with van der Waals surface area (Å²) < 4.78 is 18.1. The summed E-state index contributed by atoms with van der Waals surface area (Å²) >= 11 is 0. The van der Waals surface area contributed by atoms with Gasteiger partial charge in [0.05, 0.1) is 7.11 Å². The smallest absolute Gasteiger partial charge is 0.165 e. The third-order valence-electron chi connectivity index (χ3n) is 2.50. The second kappa shape index (κ2) is 5.49. The Morgan fingerprint density at radius 2 is 2.00 bits per heavy atom. The number of amidine groups is 1. The molecule has 1 N–H and O–H groups in total. The second-order valence-corrected chi connectivity index (χ2v) is 3.37. The first-order valence-corrected chi connectivity index (χ1v) is 5.31. The molecule has 0 heterocycles. The number of methoxy groups -OCH3 is 1. The first-order chi connectivity index (χ1) is 7.63. The van der Waals surface area contributed by atoms with Gasteiger partial charge in [-0.05, 0) is 32.0 Å². The highest BCUT2D eigenvalue weighted by Crippen LogP contribution is 2.19. The fourth-order valence-electron chi connectivity index (χ4n) is 1.53. The summed E-state index contributed by atoms with van der Waals surface area (Å²) in [5.41, 5.74) is 0.668. The normalized spacial score (nSPS) is 10.0. The van der Waals surface area contributed by atoms with Crippen LogP contribution < -0.4 is 4.74 Å². The van der Waals surface area contributed by atoms with Crippen LogP contribution >= 0.6 is 0 Å². The zero-order chi connectivity index (χ0) is 12.1. The van der Waals surface area contributed by atoms with Gasteiger partial charge in [-0.2, -0.15) is 0 Å². The molecule has 0 bridgehead atoms. The molecule has 1 aromatic rings. The Labute approximate surface area is 95.3 Å². The van der Waals surface area contributed by atoms with Crippen molar-refractivity contribution in [2.24, 2.45) is 0 Å². The summed E-state index contributed by atoms with van der Waals surface area (Å²) in [5, 5.41) is 7.98. The fourth-order valence-corrected chi connectivity index (χ4v) is 1.53. The molecule has 0 radical (unpaired) electrons. The predicted molar refractivity (Wildman–Crippen MR) is 62.7 cm³/mol. The molecule has 0 unspecified atom stereocenters. The van der Waals surface area contributed by atoms with Gasteiger partial charge >= 0.3 is 0 Å². The Morgan fingerprint density at radius 3 is 2.50 bits per heavy atom. The molecule has 0 aliphatic heterocycles. The molecule has 3 nitrogen and oxygen atoms in total. The third-order valence-corrected chi connectivity index (χ3v) is 2.50. The standard InChI is InChI=1S/C12H17FN2O/c1-4-15(5-2)12(14)9-6-7-10(13)11(8-9)16-3/h6-8,14H,4-5H2,1-3H3. The maximum atomic E-state index is 13.2. The highest BCUT2D eigenvalue weighted by Gasteiger charge is 2.11. The van der Waals surface area contributed by atoms with Crippen molar-refractivity contribution >= 4 is 5.84 Å². The number of hydrogen-bond donors (Lipinski definition) is 1. The lowest BCUT2D eigenvalue weighted by atomic mass is 10.1. The van der Waals surface area contributed by atoms with E-state index in [4.69, 9.17) is 10.1 Å². The number of nitrogens with one attached hydrogen (secondary N) is 1. The van der Waals surface area contributed by atoms with Crippen LogP contribution in [0.1, 0.15) is 19.4 Å². The molecule has 0 atom stereocenters. The van der Waals surface area contributed by atoms with Gasteiger partial charge < -0.3 is 9.64 Å². The maximum Gasteiger partial charge on any atom is 0.165 e. The van der Waals surface area contributed by atoms with E-state index in [1.165, 1.54) is 13.2 Å². The summed E-state index contributed by atoms with van der Waals surface area (Å²) in [4.78, 5) is 1.90. The van der Waals surface area contributed by atoms with Crippen molar-refractivity contribution in [1.29, 1.82) is 5.41 Å². The van der Waals surface area contributed by atoms with E-state index in [0.29, 0.717) is 11.4 Å². The number of nitrogens with zero attached hydrogens (tertiary/aromatic N) is 1. The van der Waals surface area contributed by atoms with Crippen molar-refractivity contribution < 1.29 is 9.13 Å². The molecular weight excluding hydrogens is 207 g/mol. The minimum Gasteiger partial charge on any atom is -0.494 e. The van der Waals surface area contributed by atoms with E-state index in [2.05, 4.69) is 0 Å². The lowest BCUT2D eigenvalue weighted by Crippen LogP contribution is -2.30. The van der Waals surface area contributed by atoms with E-state index in [1.54, 1.807) is 12.1 Å². The Bertz CT molecular complexity index is 375. The van der Waals surface area contributed by atoms with Gasteiger partial charge in [-0.3, -0.25) is 5.41 Å². The number of rotatable bonds is 4. The van der Waals surface area contributed by atoms with Crippen LogP contribution in [0.2, 0.25) is 0 Å². The Kier molecular flexibility index (Phi) is 4.28. The van der Waals surface area contributed by atoms with E-state index in [1.807, 2.05) is 18.7 Å². The SMILES string of the molecule is CCN(CC)C(=N)c1ccc(F)c(OC)c1. The molecule has 4 heteroatoms. The van der Waals surface area contributed by atoms with Gasteiger partial charge in [-0.1, -0.05) is 0 Å². The van der Waals surface area contributed by atoms with E-state index in [-0.39, 0.29) is 5.75 Å². The monoisotopic (exact) mass is 224 g/mol. The summed E-state index contributed by atoms with van der Waals surface area (Å²) in [6, 6.07) is 4.47. The van der Waals surface area contributed by atoms with Crippen LogP contribution in [0.5, 0.6) is 5.75 Å². The minimum atomic E-state index is -0.404. The third kappa shape index (κ3) is 2.51. The number of ether oxygens (including phenoxy) is 1. The summed E-state index contributed by atoms with van der Waals surface area (Å²) in [5.74, 6) is 0.163. The van der Waals surface area contributed by atoms with E-state index >= 15 is 0 Å². The Balaban J connectivity index is 3.00. The quantitative estimate of drug-likeness (QED) is 0.630. The van der Waals surface area contributed by atoms with Gasteiger partial charge in [0.2, 0.25) is 0 Å². The lowest BCUT2D eigenvalue weighted by Gasteiger charge is -2.21. The molecule has 0 aliphatic carbocycles. The Morgan fingerprint density at radius 1 is 1.38 bits per heavy atom. The molecule has 88 valence electrons. The zero-order valence-corrected chi connectivity index (χ0v) is 9.88. The first-order valence-electron chi connectivity index (χ1n) is 5.31. The van der Waals surface area contributed by atoms with Crippen molar-refractivity contribution in [3.05, 3.63) is 29.6 Å². The predicted octanol–water partition coefficient (Wildman–Crippen LogP) is 2.50. The molecule has 0 spiro atoms. The Hall–Kier alpha value is -1.58. The largest absolute Gasteiger partial charge is 0.494 e. The van der Waals surface area contributed by atoms with Crippen LogP contribution in [-0.4, -0.2) is 30.9 Å². The van der Waals surface area contributed by atoms with Crippen molar-refractivity contribution in [1.82, 2.24) is 4.90 Å². The van der Waals surface area contributed by atoms with Gasteiger partial charge in [0.15, 0.2) is 11.6 Å². The van der Waals surface area contributed by atoms with Gasteiger partial charge in [-0.15, -0.1) is 0 Å². The van der Waals surface area contributed by atoms with E-state index in [9.17, 15) is 4.39 Å². The molecular formula is C12H17FN2O. The van der Waals surface area contributed by atoms with Gasteiger partial charge in [0.1, 0.15) is 5.84 Å². The van der Waals surface area contributed by atoms with E-state index < -0.39 is 5.82 Å². The molecule has 0 aromatic heterocycles. The number of benzene rings is 1. The molecule has 1 aromatic carbocycles. The topological polar surface area (TPSA) is 36.3 Å². The second-order valence-electron chi connectivity index (χ2n) is 3.37. The molecule has 0 aliphatic rings. The molecule has 0 amide bonds. The minimum absolute atomic E-state index is 0.175. The van der Waals surface area contributed by atoms with Crippen LogP contribution in [0.25, 0.3) is 0 Å². The zero-order valence-electron chi connectivity index (χ0n) is 9.88. The van der Waals surface area contributed by atoms with Crippen LogP contribution in [0, 0.1) is 11.2 Å². The molecule has 0 fully saturated rings. The maximum absolute atomic E-state index is 13.2. The average molecular weight is 224 g/mol. The molecule has 0 saturated heterocycles. The summed E-state index contributed by atoms with van der Waals surface area (Å²) in [6.45, 7) is 5.49. The average Bonchev–Trinajstić information content (AvgIpc) is 2.31. The summed E-state index contributed by atoms with van der Waals surface area (Å²) in [6.07, 6.45) is 0. The van der Waals surface area contributed by atoms with Crippen LogP contribution in [0.4, 0.5) is 4.39 Å². The highest BCUT2D eigenvalue weighted by atomic mass is 19.1. The van der Waals surface area contributed by atoms with Gasteiger partial charge in [-0.25, -0.2) is 4.39 Å². The first kappa shape index (κ1) is 12.5. The van der Waals surface area contributed by atoms with Gasteiger partial charge in [0.25, 0.3) is 0 Å². The molecule has 0 saturated carbocycles. The van der Waals surface area contributed by atoms with Crippen molar-refractivity contribution in [3.8, 4) is 5.75 Å². The molecule has 1 rings (SSSR count). The number of halogens is 1. The van der Waals surface area contributed by atoms with Crippen LogP contribution in [0.3, 0.4) is 0 Å². The number of hydrogen-bond acceptors (Lipinski definition) is 2. The van der Waals surface area contributed by atoms with Crippen LogP contribution in [0.15, 0.2) is 18.2 Å². The van der Waals surface area contributed by atoms with Gasteiger partial charge in [0, 0.05) is 18.7 Å². The van der Waals surface area contributed by atoms with Crippen molar-refractivity contribution in [2.45, 2.75) is 13.8 Å². The van der Waals surface area contributed by atoms with Crippen molar-refractivity contribution in [3.63, 3.8) is 0 Å². The summed E-state index contributed by atoms with van der Waals surface area (Å²) in [7, 11) is 1.42.